The number of thioether (sulfide) groups is 1. The summed E-state index contributed by atoms with van der Waals surface area (Å²) in [5, 5.41) is 23.5. The minimum atomic E-state index is -1.08. The van der Waals surface area contributed by atoms with Crippen LogP contribution in [0, 0.1) is 17.0 Å². The van der Waals surface area contributed by atoms with E-state index in [1.807, 2.05) is 43.5 Å². The van der Waals surface area contributed by atoms with Crippen LogP contribution in [0.5, 0.6) is 0 Å². The van der Waals surface area contributed by atoms with Crippen molar-refractivity contribution >= 4 is 29.3 Å². The second-order valence-electron chi connectivity index (χ2n) is 9.39. The number of nitrogens with one attached hydrogen (secondary N) is 1. The first-order valence-corrected chi connectivity index (χ1v) is 14.2. The smallest absolute Gasteiger partial charge is 0.326 e. The van der Waals surface area contributed by atoms with Crippen LogP contribution in [0.4, 0.5) is 5.69 Å². The number of furan rings is 1. The Morgan fingerprint density at radius 3 is 2.51 bits per heavy atom. The van der Waals surface area contributed by atoms with E-state index < -0.39 is 28.9 Å². The number of rotatable bonds is 12. The molecule has 10 heteroatoms. The zero-order chi connectivity index (χ0) is 29.5. The molecular weight excluding hydrogens is 544 g/mol. The lowest BCUT2D eigenvalue weighted by molar-refractivity contribution is -0.384. The molecule has 0 spiro atoms. The van der Waals surface area contributed by atoms with Gasteiger partial charge in [-0.1, -0.05) is 42.5 Å². The van der Waals surface area contributed by atoms with Gasteiger partial charge in [-0.25, -0.2) is 4.79 Å². The predicted octanol–water partition coefficient (Wildman–Crippen LogP) is 6.50. The Morgan fingerprint density at radius 1 is 1.05 bits per heavy atom. The normalized spacial score (nSPS) is 12.5. The highest BCUT2D eigenvalue weighted by Gasteiger charge is 2.25. The van der Waals surface area contributed by atoms with Crippen LogP contribution in [0.25, 0.3) is 22.5 Å². The predicted molar refractivity (Wildman–Crippen MR) is 158 cm³/mol. The number of aryl methyl sites for hydroxylation is 1. The molecule has 0 bridgehead atoms. The van der Waals surface area contributed by atoms with Crippen molar-refractivity contribution < 1.29 is 28.8 Å². The zero-order valence-electron chi connectivity index (χ0n) is 22.8. The van der Waals surface area contributed by atoms with E-state index in [1.54, 1.807) is 36.4 Å². The van der Waals surface area contributed by atoms with Gasteiger partial charge in [0.2, 0.25) is 0 Å². The molecule has 0 radical (unpaired) electrons. The molecule has 0 saturated heterocycles. The third-order valence-electron chi connectivity index (χ3n) is 6.70. The van der Waals surface area contributed by atoms with Crippen LogP contribution >= 0.6 is 11.8 Å². The van der Waals surface area contributed by atoms with Gasteiger partial charge >= 0.3 is 5.97 Å². The van der Waals surface area contributed by atoms with Gasteiger partial charge < -0.3 is 19.6 Å². The van der Waals surface area contributed by atoms with Gasteiger partial charge in [-0.15, -0.1) is 0 Å². The summed E-state index contributed by atoms with van der Waals surface area (Å²) in [5.74, 6) is -0.0463. The van der Waals surface area contributed by atoms with Crippen LogP contribution in [0.3, 0.4) is 0 Å². The van der Waals surface area contributed by atoms with Crippen LogP contribution in [-0.2, 0) is 9.53 Å². The fourth-order valence-corrected chi connectivity index (χ4v) is 5.06. The Bertz CT molecular complexity index is 1570. The minimum absolute atomic E-state index is 0.0425. The monoisotopic (exact) mass is 574 g/mol. The number of amides is 1. The van der Waals surface area contributed by atoms with Crippen molar-refractivity contribution in [3.8, 4) is 22.5 Å². The van der Waals surface area contributed by atoms with Crippen LogP contribution in [-0.4, -0.2) is 47.1 Å². The summed E-state index contributed by atoms with van der Waals surface area (Å²) in [4.78, 5) is 35.9. The standard InChI is InChI=1S/C31H30N2O7S/c1-19-7-4-5-10-23(19)25-18-21(11-12-24(25)30(34)32-26(31(35)36)15-16-41-3)29(39-2)28-14-13-27(40-28)20-8-6-9-22(17-20)33(37)38/h4-14,17-18,26,29H,15-16H2,1-3H3,(H,32,34)(H,35,36). The summed E-state index contributed by atoms with van der Waals surface area (Å²) < 4.78 is 11.9. The largest absolute Gasteiger partial charge is 0.480 e. The molecule has 1 aromatic heterocycles. The lowest BCUT2D eigenvalue weighted by Gasteiger charge is -2.19. The Kier molecular flexibility index (Phi) is 9.59. The molecule has 2 N–H and O–H groups in total. The van der Waals surface area contributed by atoms with Crippen molar-refractivity contribution in [2.75, 3.05) is 19.1 Å². The van der Waals surface area contributed by atoms with E-state index in [0.29, 0.717) is 45.9 Å². The average molecular weight is 575 g/mol. The third-order valence-corrected chi connectivity index (χ3v) is 7.35. The first-order valence-electron chi connectivity index (χ1n) is 12.8. The van der Waals surface area contributed by atoms with Crippen LogP contribution in [0.2, 0.25) is 0 Å². The number of ether oxygens (including phenoxy) is 1. The molecule has 0 aliphatic carbocycles. The number of aliphatic carboxylic acids is 1. The molecule has 212 valence electrons. The lowest BCUT2D eigenvalue weighted by atomic mass is 9.92. The number of methoxy groups -OCH3 is 1. The number of carboxylic acids is 1. The van der Waals surface area contributed by atoms with E-state index in [2.05, 4.69) is 5.32 Å². The highest BCUT2D eigenvalue weighted by molar-refractivity contribution is 7.98. The third kappa shape index (κ3) is 6.85. The van der Waals surface area contributed by atoms with Crippen LogP contribution < -0.4 is 5.32 Å². The van der Waals surface area contributed by atoms with Gasteiger partial charge in [0.05, 0.1) is 4.92 Å². The molecule has 0 aliphatic heterocycles. The summed E-state index contributed by atoms with van der Waals surface area (Å²) in [6, 6.07) is 21.5. The van der Waals surface area contributed by atoms with Gasteiger partial charge in [0.15, 0.2) is 0 Å². The van der Waals surface area contributed by atoms with E-state index >= 15 is 0 Å². The second-order valence-corrected chi connectivity index (χ2v) is 10.4. The Labute approximate surface area is 241 Å². The number of carbonyl (C=O) groups excluding carboxylic acids is 1. The zero-order valence-corrected chi connectivity index (χ0v) is 23.6. The summed E-state index contributed by atoms with van der Waals surface area (Å²) in [6.07, 6.45) is 1.54. The molecule has 41 heavy (non-hydrogen) atoms. The van der Waals surface area contributed by atoms with E-state index in [1.165, 1.54) is 31.0 Å². The van der Waals surface area contributed by atoms with Crippen molar-refractivity contribution in [3.05, 3.63) is 111 Å². The molecule has 2 unspecified atom stereocenters. The number of nitro benzene ring substituents is 1. The summed E-state index contributed by atoms with van der Waals surface area (Å²) in [7, 11) is 1.54. The van der Waals surface area contributed by atoms with E-state index in [4.69, 9.17) is 9.15 Å². The second kappa shape index (κ2) is 13.3. The molecule has 4 rings (SSSR count). The van der Waals surface area contributed by atoms with Gasteiger partial charge in [0, 0.05) is 30.4 Å². The maximum atomic E-state index is 13.4. The number of carboxylic acid groups (broad SMARTS) is 1. The Morgan fingerprint density at radius 2 is 1.83 bits per heavy atom. The highest BCUT2D eigenvalue weighted by atomic mass is 32.2. The maximum absolute atomic E-state index is 13.4. The van der Waals surface area contributed by atoms with Gasteiger partial charge in [-0.2, -0.15) is 11.8 Å². The van der Waals surface area contributed by atoms with Crippen molar-refractivity contribution in [2.45, 2.75) is 25.5 Å². The van der Waals surface area contributed by atoms with Gasteiger partial charge in [0.1, 0.15) is 23.7 Å². The Hall–Kier alpha value is -4.41. The first kappa shape index (κ1) is 29.6. The van der Waals surface area contributed by atoms with Gasteiger partial charge in [-0.05, 0) is 71.9 Å². The Balaban J connectivity index is 1.73. The van der Waals surface area contributed by atoms with Crippen molar-refractivity contribution in [2.24, 2.45) is 0 Å². The summed E-state index contributed by atoms with van der Waals surface area (Å²) >= 11 is 1.51. The molecule has 0 saturated carbocycles. The number of non-ortho nitro benzene ring substituents is 1. The molecule has 0 fully saturated rings. The van der Waals surface area contributed by atoms with E-state index in [9.17, 15) is 24.8 Å². The minimum Gasteiger partial charge on any atom is -0.480 e. The molecular formula is C31H30N2O7S. The number of nitrogens with zero attached hydrogens (tertiary/aromatic N) is 1. The molecule has 3 aromatic carbocycles. The number of nitro groups is 1. The molecule has 1 heterocycles. The van der Waals surface area contributed by atoms with Crippen molar-refractivity contribution in [1.29, 1.82) is 0 Å². The quantitative estimate of drug-likeness (QED) is 0.145. The number of carbonyl (C=O) groups is 2. The molecule has 1 amide bonds. The molecule has 4 aromatic rings. The fourth-order valence-electron chi connectivity index (χ4n) is 4.59. The van der Waals surface area contributed by atoms with Crippen molar-refractivity contribution in [1.82, 2.24) is 5.32 Å². The first-order chi connectivity index (χ1) is 19.7. The molecule has 2 atom stereocenters. The topological polar surface area (TPSA) is 132 Å². The number of hydrogen-bond acceptors (Lipinski definition) is 7. The molecule has 0 aliphatic rings. The lowest BCUT2D eigenvalue weighted by Crippen LogP contribution is -2.41. The number of benzene rings is 3. The van der Waals surface area contributed by atoms with Gasteiger partial charge in [-0.3, -0.25) is 14.9 Å². The van der Waals surface area contributed by atoms with Crippen LogP contribution in [0.1, 0.15) is 39.8 Å². The SMILES string of the molecule is COC(c1ccc(C(=O)NC(CCSC)C(=O)O)c(-c2ccccc2C)c1)c1ccc(-c2cccc([N+](=O)[O-])c2)o1. The van der Waals surface area contributed by atoms with E-state index in [0.717, 1.165) is 11.1 Å². The highest BCUT2D eigenvalue weighted by Crippen LogP contribution is 2.35. The summed E-state index contributed by atoms with van der Waals surface area (Å²) in [6.45, 7) is 1.94. The van der Waals surface area contributed by atoms with Crippen molar-refractivity contribution in [3.63, 3.8) is 0 Å². The average Bonchev–Trinajstić information content (AvgIpc) is 3.45. The summed E-state index contributed by atoms with van der Waals surface area (Å²) in [5.41, 5.74) is 3.95. The van der Waals surface area contributed by atoms with E-state index in [-0.39, 0.29) is 5.69 Å². The maximum Gasteiger partial charge on any atom is 0.326 e. The van der Waals surface area contributed by atoms with Gasteiger partial charge in [0.25, 0.3) is 11.6 Å². The molecule has 9 nitrogen and oxygen atoms in total. The fraction of sp³-hybridized carbons (Fsp3) is 0.226. The van der Waals surface area contributed by atoms with Crippen LogP contribution in [0.15, 0.2) is 83.3 Å². The number of hydrogen-bond donors (Lipinski definition) is 2.